The van der Waals surface area contributed by atoms with Gasteiger partial charge in [-0.1, -0.05) is 13.8 Å². The summed E-state index contributed by atoms with van der Waals surface area (Å²) in [5, 5.41) is 2.87. The summed E-state index contributed by atoms with van der Waals surface area (Å²) in [6, 6.07) is 4.24. The molecule has 0 spiro atoms. The van der Waals surface area contributed by atoms with Crippen LogP contribution in [0.5, 0.6) is 0 Å². The van der Waals surface area contributed by atoms with Crippen LogP contribution in [0.4, 0.5) is 10.1 Å². The van der Waals surface area contributed by atoms with Crippen molar-refractivity contribution in [2.24, 2.45) is 5.92 Å². The summed E-state index contributed by atoms with van der Waals surface area (Å²) >= 11 is 0. The molecule has 0 bridgehead atoms. The van der Waals surface area contributed by atoms with Crippen LogP contribution >= 0.6 is 0 Å². The van der Waals surface area contributed by atoms with Gasteiger partial charge in [0.1, 0.15) is 5.82 Å². The van der Waals surface area contributed by atoms with Crippen LogP contribution in [0.3, 0.4) is 0 Å². The molecule has 0 aliphatic carbocycles. The maximum atomic E-state index is 14.4. The van der Waals surface area contributed by atoms with Gasteiger partial charge in [0.2, 0.25) is 11.8 Å². The van der Waals surface area contributed by atoms with Crippen LogP contribution in [0, 0.1) is 11.7 Å². The molecule has 0 aromatic heterocycles. The second kappa shape index (κ2) is 8.90. The van der Waals surface area contributed by atoms with Crippen LogP contribution in [-0.2, 0) is 9.59 Å². The maximum absolute atomic E-state index is 14.4. The van der Waals surface area contributed by atoms with Gasteiger partial charge in [-0.3, -0.25) is 19.3 Å². The number of nitrogens with one attached hydrogen (secondary N) is 1. The first-order valence-electron chi connectivity index (χ1n) is 10.1. The van der Waals surface area contributed by atoms with E-state index in [1.54, 1.807) is 17.0 Å². The minimum atomic E-state index is -0.420. The Kier molecular flexibility index (Phi) is 6.52. The van der Waals surface area contributed by atoms with E-state index >= 15 is 0 Å². The molecule has 0 radical (unpaired) electrons. The molecule has 1 unspecified atom stereocenters. The van der Waals surface area contributed by atoms with E-state index in [0.717, 1.165) is 0 Å². The number of hydrogen-bond donors (Lipinski definition) is 1. The number of nitrogens with zero attached hydrogens (tertiary/aromatic N) is 3. The summed E-state index contributed by atoms with van der Waals surface area (Å²) in [5.41, 5.74) is 0.806. The molecule has 1 aromatic rings. The molecule has 1 N–H and O–H groups in total. The van der Waals surface area contributed by atoms with Crippen molar-refractivity contribution in [2.75, 3.05) is 50.7 Å². The van der Waals surface area contributed by atoms with Crippen molar-refractivity contribution < 1.29 is 18.8 Å². The normalized spacial score (nSPS) is 20.7. The molecule has 2 aliphatic heterocycles. The molecule has 2 amide bonds. The summed E-state index contributed by atoms with van der Waals surface area (Å²) in [6.07, 6.45) is 0. The summed E-state index contributed by atoms with van der Waals surface area (Å²) in [5.74, 6) is -0.486. The Bertz CT molecular complexity index is 790. The fraction of sp³-hybridized carbons (Fsp3) is 0.571. The van der Waals surface area contributed by atoms with Gasteiger partial charge in [0.05, 0.1) is 18.3 Å². The minimum Gasteiger partial charge on any atom is -0.366 e. The Morgan fingerprint density at radius 3 is 2.45 bits per heavy atom. The molecule has 2 fully saturated rings. The first kappa shape index (κ1) is 21.2. The largest absolute Gasteiger partial charge is 0.366 e. The van der Waals surface area contributed by atoms with E-state index in [-0.39, 0.29) is 36.1 Å². The van der Waals surface area contributed by atoms with Crippen LogP contribution < -0.4 is 10.2 Å². The lowest BCUT2D eigenvalue weighted by Crippen LogP contribution is -2.60. The first-order valence-corrected chi connectivity index (χ1v) is 10.1. The predicted molar refractivity (Wildman–Crippen MR) is 108 cm³/mol. The van der Waals surface area contributed by atoms with Gasteiger partial charge >= 0.3 is 0 Å². The third-order valence-electron chi connectivity index (χ3n) is 5.66. The van der Waals surface area contributed by atoms with Crippen LogP contribution in [0.25, 0.3) is 0 Å². The SMILES string of the molecule is CC(=O)c1ccc(N2CCN(C(=O)CN3CCNC(=O)C3C(C)C)CC2)c(F)c1. The van der Waals surface area contributed by atoms with Crippen LogP contribution in [0.15, 0.2) is 18.2 Å². The summed E-state index contributed by atoms with van der Waals surface area (Å²) < 4.78 is 14.4. The molecule has 1 aromatic carbocycles. The molecule has 3 rings (SSSR count). The lowest BCUT2D eigenvalue weighted by Gasteiger charge is -2.40. The van der Waals surface area contributed by atoms with Crippen molar-refractivity contribution >= 4 is 23.3 Å². The number of rotatable bonds is 5. The van der Waals surface area contributed by atoms with Crippen molar-refractivity contribution in [1.29, 1.82) is 0 Å². The Hall–Kier alpha value is -2.48. The molecule has 2 heterocycles. The lowest BCUT2D eigenvalue weighted by atomic mass is 9.99. The van der Waals surface area contributed by atoms with E-state index in [4.69, 9.17) is 0 Å². The van der Waals surface area contributed by atoms with Crippen LogP contribution in [0.2, 0.25) is 0 Å². The standard InChI is InChI=1S/C21H29FN4O3/c1-14(2)20-21(29)23-6-7-26(20)13-19(28)25-10-8-24(9-11-25)18-5-4-16(15(3)27)12-17(18)22/h4-5,12,14,20H,6-11,13H2,1-3H3,(H,23,29). The Balaban J connectivity index is 1.58. The molecule has 8 heteroatoms. The van der Waals surface area contributed by atoms with E-state index in [2.05, 4.69) is 5.32 Å². The second-order valence-electron chi connectivity index (χ2n) is 8.04. The number of hydrogen-bond acceptors (Lipinski definition) is 5. The molecule has 7 nitrogen and oxygen atoms in total. The molecule has 0 saturated carbocycles. The zero-order valence-corrected chi connectivity index (χ0v) is 17.3. The third-order valence-corrected chi connectivity index (χ3v) is 5.66. The smallest absolute Gasteiger partial charge is 0.237 e. The molecule has 2 aliphatic rings. The van der Waals surface area contributed by atoms with Gasteiger partial charge in [0, 0.05) is 44.8 Å². The van der Waals surface area contributed by atoms with Gasteiger partial charge in [-0.05, 0) is 31.0 Å². The fourth-order valence-electron chi connectivity index (χ4n) is 4.09. The third kappa shape index (κ3) is 4.75. The minimum absolute atomic E-state index is 0.00241. The van der Waals surface area contributed by atoms with Crippen molar-refractivity contribution in [3.8, 4) is 0 Å². The van der Waals surface area contributed by atoms with Crippen molar-refractivity contribution in [1.82, 2.24) is 15.1 Å². The van der Waals surface area contributed by atoms with Gasteiger partial charge in [-0.25, -0.2) is 4.39 Å². The Morgan fingerprint density at radius 2 is 1.86 bits per heavy atom. The van der Waals surface area contributed by atoms with E-state index in [9.17, 15) is 18.8 Å². The quantitative estimate of drug-likeness (QED) is 0.745. The van der Waals surface area contributed by atoms with Crippen LogP contribution in [-0.4, -0.2) is 79.3 Å². The van der Waals surface area contributed by atoms with Gasteiger partial charge in [0.25, 0.3) is 0 Å². The van der Waals surface area contributed by atoms with Gasteiger partial charge in [-0.2, -0.15) is 0 Å². The number of benzene rings is 1. The highest BCUT2D eigenvalue weighted by Gasteiger charge is 2.34. The highest BCUT2D eigenvalue weighted by molar-refractivity contribution is 5.94. The lowest BCUT2D eigenvalue weighted by molar-refractivity contribution is -0.137. The first-order chi connectivity index (χ1) is 13.8. The summed E-state index contributed by atoms with van der Waals surface area (Å²) in [6.45, 7) is 8.86. The Labute approximate surface area is 170 Å². The average molecular weight is 404 g/mol. The number of piperazine rings is 2. The zero-order valence-electron chi connectivity index (χ0n) is 17.3. The van der Waals surface area contributed by atoms with E-state index in [1.807, 2.05) is 23.6 Å². The number of amides is 2. The number of halogens is 1. The van der Waals surface area contributed by atoms with E-state index < -0.39 is 5.82 Å². The second-order valence-corrected chi connectivity index (χ2v) is 8.04. The number of carbonyl (C=O) groups is 3. The topological polar surface area (TPSA) is 73.0 Å². The average Bonchev–Trinajstić information content (AvgIpc) is 2.67. The number of anilines is 1. The van der Waals surface area contributed by atoms with E-state index in [1.165, 1.54) is 13.0 Å². The number of Topliss-reactive ketones (excluding diaryl/α,β-unsaturated/α-hetero) is 1. The summed E-state index contributed by atoms with van der Waals surface area (Å²) in [7, 11) is 0. The zero-order chi connectivity index (χ0) is 21.1. The molecule has 29 heavy (non-hydrogen) atoms. The Morgan fingerprint density at radius 1 is 1.17 bits per heavy atom. The molecular formula is C21H29FN4O3. The molecule has 2 saturated heterocycles. The molecular weight excluding hydrogens is 375 g/mol. The number of ketones is 1. The maximum Gasteiger partial charge on any atom is 0.237 e. The highest BCUT2D eigenvalue weighted by Crippen LogP contribution is 2.22. The van der Waals surface area contributed by atoms with Crippen molar-refractivity contribution in [3.63, 3.8) is 0 Å². The van der Waals surface area contributed by atoms with Gasteiger partial charge in [-0.15, -0.1) is 0 Å². The summed E-state index contributed by atoms with van der Waals surface area (Å²) in [4.78, 5) is 42.0. The molecule has 1 atom stereocenters. The van der Waals surface area contributed by atoms with Crippen molar-refractivity contribution in [2.45, 2.75) is 26.8 Å². The van der Waals surface area contributed by atoms with Crippen molar-refractivity contribution in [3.05, 3.63) is 29.6 Å². The number of carbonyl (C=O) groups excluding carboxylic acids is 3. The highest BCUT2D eigenvalue weighted by atomic mass is 19.1. The van der Waals surface area contributed by atoms with Gasteiger partial charge in [0.15, 0.2) is 5.78 Å². The van der Waals surface area contributed by atoms with E-state index in [0.29, 0.717) is 50.5 Å². The van der Waals surface area contributed by atoms with Crippen LogP contribution in [0.1, 0.15) is 31.1 Å². The fourth-order valence-corrected chi connectivity index (χ4v) is 4.09. The molecule has 158 valence electrons. The predicted octanol–water partition coefficient (Wildman–Crippen LogP) is 1.13. The van der Waals surface area contributed by atoms with Gasteiger partial charge < -0.3 is 15.1 Å². The monoisotopic (exact) mass is 404 g/mol.